The lowest BCUT2D eigenvalue weighted by molar-refractivity contribution is -0.127. The molecule has 0 spiro atoms. The molecular formula is C22H24N2O3. The summed E-state index contributed by atoms with van der Waals surface area (Å²) in [5, 5.41) is 2.81. The third-order valence-corrected chi connectivity index (χ3v) is 5.28. The van der Waals surface area contributed by atoms with Gasteiger partial charge in [0.2, 0.25) is 5.91 Å². The van der Waals surface area contributed by atoms with Gasteiger partial charge in [-0.05, 0) is 67.5 Å². The summed E-state index contributed by atoms with van der Waals surface area (Å²) in [5.41, 5.74) is 4.08. The first-order chi connectivity index (χ1) is 13.2. The molecular weight excluding hydrogens is 340 g/mol. The van der Waals surface area contributed by atoms with Crippen molar-refractivity contribution in [2.75, 3.05) is 16.8 Å². The quantitative estimate of drug-likeness (QED) is 0.900. The average molecular weight is 364 g/mol. The van der Waals surface area contributed by atoms with Crippen LogP contribution in [0.2, 0.25) is 0 Å². The van der Waals surface area contributed by atoms with E-state index in [9.17, 15) is 9.59 Å². The van der Waals surface area contributed by atoms with Gasteiger partial charge in [0.15, 0.2) is 6.10 Å². The van der Waals surface area contributed by atoms with Crippen LogP contribution in [-0.2, 0) is 22.4 Å². The van der Waals surface area contributed by atoms with E-state index in [1.54, 1.807) is 6.07 Å². The molecule has 2 amide bonds. The Morgan fingerprint density at radius 2 is 1.93 bits per heavy atom. The van der Waals surface area contributed by atoms with Crippen molar-refractivity contribution in [2.24, 2.45) is 0 Å². The number of benzene rings is 2. The van der Waals surface area contributed by atoms with Crippen LogP contribution in [0.5, 0.6) is 5.75 Å². The maximum absolute atomic E-state index is 13.2. The summed E-state index contributed by atoms with van der Waals surface area (Å²) >= 11 is 0. The van der Waals surface area contributed by atoms with Crippen LogP contribution in [-0.4, -0.2) is 24.5 Å². The minimum Gasteiger partial charge on any atom is -0.481 e. The Labute approximate surface area is 159 Å². The van der Waals surface area contributed by atoms with Gasteiger partial charge in [-0.15, -0.1) is 0 Å². The van der Waals surface area contributed by atoms with Crippen LogP contribution >= 0.6 is 0 Å². The standard InChI is InChI=1S/C22H24N2O3/c1-2-20(27-17-12-11-15-7-3-4-8-16(15)13-17)22(26)24-14-21(25)23-18-9-5-6-10-19(18)24/h5-6,9-13,20H,2-4,7-8,14H2,1H3,(H,23,25)/t20-/m0/s1. The van der Waals surface area contributed by atoms with Crippen LogP contribution in [0.1, 0.15) is 37.3 Å². The average Bonchev–Trinajstić information content (AvgIpc) is 2.70. The Morgan fingerprint density at radius 1 is 1.15 bits per heavy atom. The summed E-state index contributed by atoms with van der Waals surface area (Å²) in [5.74, 6) is 0.355. The lowest BCUT2D eigenvalue weighted by Crippen LogP contribution is -2.48. The predicted octanol–water partition coefficient (Wildman–Crippen LogP) is 3.71. The SMILES string of the molecule is CC[C@H](Oc1ccc2c(c1)CCCC2)C(=O)N1CC(=O)Nc2ccccc21. The lowest BCUT2D eigenvalue weighted by Gasteiger charge is -2.31. The van der Waals surface area contributed by atoms with E-state index in [-0.39, 0.29) is 18.4 Å². The fourth-order valence-corrected chi connectivity index (χ4v) is 3.86. The highest BCUT2D eigenvalue weighted by molar-refractivity contribution is 6.11. The molecule has 0 fully saturated rings. The lowest BCUT2D eigenvalue weighted by atomic mass is 9.92. The highest BCUT2D eigenvalue weighted by atomic mass is 16.5. The van der Waals surface area contributed by atoms with Crippen LogP contribution in [0.3, 0.4) is 0 Å². The Kier molecular flexibility index (Phi) is 4.84. The molecule has 1 aliphatic heterocycles. The number of carbonyl (C=O) groups is 2. The summed E-state index contributed by atoms with van der Waals surface area (Å²) < 4.78 is 6.07. The minimum atomic E-state index is -0.620. The number of fused-ring (bicyclic) bond motifs is 2. The molecule has 5 nitrogen and oxygen atoms in total. The van der Waals surface area contributed by atoms with Gasteiger partial charge in [0.25, 0.3) is 5.91 Å². The van der Waals surface area contributed by atoms with E-state index >= 15 is 0 Å². The monoisotopic (exact) mass is 364 g/mol. The van der Waals surface area contributed by atoms with Crippen molar-refractivity contribution in [3.63, 3.8) is 0 Å². The second-order valence-electron chi connectivity index (χ2n) is 7.14. The largest absolute Gasteiger partial charge is 0.481 e. The van der Waals surface area contributed by atoms with Crippen molar-refractivity contribution in [1.82, 2.24) is 0 Å². The normalized spacial score (nSPS) is 16.8. The zero-order chi connectivity index (χ0) is 18.8. The van der Waals surface area contributed by atoms with Gasteiger partial charge in [-0.1, -0.05) is 25.1 Å². The first-order valence-corrected chi connectivity index (χ1v) is 9.64. The number of nitrogens with zero attached hydrogens (tertiary/aromatic N) is 1. The van der Waals surface area contributed by atoms with Crippen molar-refractivity contribution in [2.45, 2.75) is 45.1 Å². The number of ether oxygens (including phenoxy) is 1. The van der Waals surface area contributed by atoms with Gasteiger partial charge < -0.3 is 10.1 Å². The molecule has 2 aromatic carbocycles. The second-order valence-corrected chi connectivity index (χ2v) is 7.14. The molecule has 1 N–H and O–H groups in total. The molecule has 0 unspecified atom stereocenters. The van der Waals surface area contributed by atoms with Crippen molar-refractivity contribution < 1.29 is 14.3 Å². The van der Waals surface area contributed by atoms with Gasteiger partial charge in [0.05, 0.1) is 11.4 Å². The molecule has 4 rings (SSSR count). The molecule has 27 heavy (non-hydrogen) atoms. The smallest absolute Gasteiger partial charge is 0.268 e. The van der Waals surface area contributed by atoms with Crippen LogP contribution in [0.15, 0.2) is 42.5 Å². The van der Waals surface area contributed by atoms with Gasteiger partial charge in [-0.2, -0.15) is 0 Å². The van der Waals surface area contributed by atoms with Crippen molar-refractivity contribution in [3.05, 3.63) is 53.6 Å². The van der Waals surface area contributed by atoms with E-state index in [1.165, 1.54) is 28.9 Å². The Bertz CT molecular complexity index is 878. The first-order valence-electron chi connectivity index (χ1n) is 9.64. The summed E-state index contributed by atoms with van der Waals surface area (Å²) in [6.45, 7) is 1.94. The maximum atomic E-state index is 13.2. The third kappa shape index (κ3) is 3.54. The molecule has 0 radical (unpaired) electrons. The molecule has 0 bridgehead atoms. The molecule has 1 heterocycles. The fourth-order valence-electron chi connectivity index (χ4n) is 3.86. The summed E-state index contributed by atoms with van der Waals surface area (Å²) in [6, 6.07) is 13.5. The van der Waals surface area contributed by atoms with E-state index in [0.717, 1.165) is 24.3 Å². The number of rotatable bonds is 4. The second kappa shape index (κ2) is 7.43. The molecule has 5 heteroatoms. The zero-order valence-electron chi connectivity index (χ0n) is 15.5. The molecule has 0 aromatic heterocycles. The van der Waals surface area contributed by atoms with Crippen LogP contribution in [0, 0.1) is 0 Å². The summed E-state index contributed by atoms with van der Waals surface area (Å²) in [7, 11) is 0. The third-order valence-electron chi connectivity index (χ3n) is 5.28. The first kappa shape index (κ1) is 17.6. The molecule has 0 saturated heterocycles. The number of hydrogen-bond donors (Lipinski definition) is 1. The highest BCUT2D eigenvalue weighted by Gasteiger charge is 2.32. The number of carbonyl (C=O) groups excluding carboxylic acids is 2. The maximum Gasteiger partial charge on any atom is 0.268 e. The highest BCUT2D eigenvalue weighted by Crippen LogP contribution is 2.31. The Balaban J connectivity index is 1.56. The molecule has 140 valence electrons. The van der Waals surface area contributed by atoms with E-state index in [4.69, 9.17) is 4.74 Å². The molecule has 1 atom stereocenters. The van der Waals surface area contributed by atoms with Crippen LogP contribution in [0.25, 0.3) is 0 Å². The van der Waals surface area contributed by atoms with Crippen molar-refractivity contribution in [1.29, 1.82) is 0 Å². The van der Waals surface area contributed by atoms with Crippen molar-refractivity contribution >= 4 is 23.2 Å². The van der Waals surface area contributed by atoms with Gasteiger partial charge in [0.1, 0.15) is 12.3 Å². The van der Waals surface area contributed by atoms with Gasteiger partial charge >= 0.3 is 0 Å². The summed E-state index contributed by atoms with van der Waals surface area (Å²) in [4.78, 5) is 26.7. The molecule has 0 saturated carbocycles. The fraction of sp³-hybridized carbons (Fsp3) is 0.364. The van der Waals surface area contributed by atoms with Crippen molar-refractivity contribution in [3.8, 4) is 5.75 Å². The number of aryl methyl sites for hydroxylation is 2. The van der Waals surface area contributed by atoms with E-state index in [0.29, 0.717) is 12.1 Å². The molecule has 2 aliphatic rings. The zero-order valence-corrected chi connectivity index (χ0v) is 15.5. The van der Waals surface area contributed by atoms with E-state index < -0.39 is 6.10 Å². The number of hydrogen-bond acceptors (Lipinski definition) is 3. The number of anilines is 2. The van der Waals surface area contributed by atoms with Gasteiger partial charge in [-0.3, -0.25) is 14.5 Å². The van der Waals surface area contributed by atoms with Gasteiger partial charge in [0, 0.05) is 0 Å². The Hall–Kier alpha value is -2.82. The topological polar surface area (TPSA) is 58.6 Å². The minimum absolute atomic E-state index is 0.0138. The number of para-hydroxylation sites is 2. The molecule has 1 aliphatic carbocycles. The molecule has 2 aromatic rings. The van der Waals surface area contributed by atoms with E-state index in [2.05, 4.69) is 17.4 Å². The van der Waals surface area contributed by atoms with Gasteiger partial charge in [-0.25, -0.2) is 0 Å². The predicted molar refractivity (Wildman–Crippen MR) is 105 cm³/mol. The number of amides is 2. The summed E-state index contributed by atoms with van der Waals surface area (Å²) in [6.07, 6.45) is 4.54. The van der Waals surface area contributed by atoms with Crippen LogP contribution in [0.4, 0.5) is 11.4 Å². The Morgan fingerprint density at radius 3 is 2.74 bits per heavy atom. The van der Waals surface area contributed by atoms with Crippen LogP contribution < -0.4 is 15.0 Å². The number of nitrogens with one attached hydrogen (secondary N) is 1. The van der Waals surface area contributed by atoms with E-state index in [1.807, 2.05) is 31.2 Å².